The molecule has 6 heteroatoms. The molecule has 3 nitrogen and oxygen atoms in total. The predicted octanol–water partition coefficient (Wildman–Crippen LogP) is 4.77. The summed E-state index contributed by atoms with van der Waals surface area (Å²) in [6, 6.07) is 11.4. The molecule has 0 bridgehead atoms. The van der Waals surface area contributed by atoms with E-state index in [4.69, 9.17) is 0 Å². The summed E-state index contributed by atoms with van der Waals surface area (Å²) in [6.07, 6.45) is 3.06. The van der Waals surface area contributed by atoms with Crippen molar-refractivity contribution < 1.29 is 8.78 Å². The Hall–Kier alpha value is -2.86. The van der Waals surface area contributed by atoms with E-state index in [0.29, 0.717) is 11.3 Å². The van der Waals surface area contributed by atoms with Gasteiger partial charge in [-0.15, -0.1) is 17.9 Å². The summed E-state index contributed by atoms with van der Waals surface area (Å²) >= 11 is 1.44. The molecule has 0 saturated heterocycles. The zero-order valence-electron chi connectivity index (χ0n) is 14.2. The molecular weight excluding hydrogens is 352 g/mol. The third-order valence-corrected chi connectivity index (χ3v) is 4.52. The molecular formula is C20H17F2N3S. The molecule has 0 spiro atoms. The van der Waals surface area contributed by atoms with E-state index in [0.717, 1.165) is 22.9 Å². The maximum Gasteiger partial charge on any atom is 0.206 e. The standard InChI is InChI=1S/C20H17F2N3S/c1-3-10-23-20-25(24-12-16-8-9-17(21)11-18(16)22)19(13-26-20)15-6-4-14(2)5-7-15/h3-9,11-13H,1,10H2,2H3/b23-20?,24-12-. The Labute approximate surface area is 154 Å². The van der Waals surface area contributed by atoms with Crippen LogP contribution in [0.25, 0.3) is 11.3 Å². The average molecular weight is 369 g/mol. The summed E-state index contributed by atoms with van der Waals surface area (Å²) < 4.78 is 28.6. The summed E-state index contributed by atoms with van der Waals surface area (Å²) in [5.74, 6) is -1.28. The molecule has 0 unspecified atom stereocenters. The Morgan fingerprint density at radius 3 is 2.62 bits per heavy atom. The minimum absolute atomic E-state index is 0.203. The molecule has 0 aliphatic carbocycles. The van der Waals surface area contributed by atoms with Gasteiger partial charge >= 0.3 is 0 Å². The summed E-state index contributed by atoms with van der Waals surface area (Å²) in [7, 11) is 0. The van der Waals surface area contributed by atoms with Gasteiger partial charge in [0.25, 0.3) is 0 Å². The SMILES string of the molecule is C=CCN=c1scc(-c2ccc(C)cc2)n1/N=C\c1ccc(F)cc1F. The van der Waals surface area contributed by atoms with Crippen LogP contribution in [0.3, 0.4) is 0 Å². The Bertz CT molecular complexity index is 1010. The van der Waals surface area contributed by atoms with Gasteiger partial charge in [0.15, 0.2) is 0 Å². The first-order valence-corrected chi connectivity index (χ1v) is 8.85. The van der Waals surface area contributed by atoms with Crippen molar-refractivity contribution >= 4 is 17.6 Å². The Kier molecular flexibility index (Phi) is 5.53. The van der Waals surface area contributed by atoms with Gasteiger partial charge in [-0.05, 0) is 19.1 Å². The van der Waals surface area contributed by atoms with E-state index in [1.165, 1.54) is 29.7 Å². The average Bonchev–Trinajstić information content (AvgIpc) is 3.02. The van der Waals surface area contributed by atoms with Crippen molar-refractivity contribution in [1.29, 1.82) is 0 Å². The lowest BCUT2D eigenvalue weighted by Crippen LogP contribution is -2.12. The molecule has 132 valence electrons. The van der Waals surface area contributed by atoms with Crippen LogP contribution < -0.4 is 4.80 Å². The number of hydrogen-bond acceptors (Lipinski definition) is 3. The van der Waals surface area contributed by atoms with Crippen molar-refractivity contribution in [1.82, 2.24) is 4.68 Å². The van der Waals surface area contributed by atoms with Gasteiger partial charge in [-0.2, -0.15) is 5.10 Å². The number of halogens is 2. The van der Waals surface area contributed by atoms with Gasteiger partial charge in [-0.1, -0.05) is 35.9 Å². The highest BCUT2D eigenvalue weighted by atomic mass is 32.1. The zero-order chi connectivity index (χ0) is 18.5. The topological polar surface area (TPSA) is 29.6 Å². The van der Waals surface area contributed by atoms with E-state index < -0.39 is 11.6 Å². The number of rotatable bonds is 5. The summed E-state index contributed by atoms with van der Waals surface area (Å²) in [4.78, 5) is 5.10. The summed E-state index contributed by atoms with van der Waals surface area (Å²) in [5.41, 5.74) is 3.18. The molecule has 0 radical (unpaired) electrons. The molecule has 1 heterocycles. The minimum atomic E-state index is -0.661. The summed E-state index contributed by atoms with van der Waals surface area (Å²) in [5, 5.41) is 6.34. The minimum Gasteiger partial charge on any atom is -0.253 e. The number of benzene rings is 2. The highest BCUT2D eigenvalue weighted by Crippen LogP contribution is 2.20. The van der Waals surface area contributed by atoms with E-state index in [-0.39, 0.29) is 5.56 Å². The van der Waals surface area contributed by atoms with Crippen molar-refractivity contribution in [2.75, 3.05) is 6.54 Å². The van der Waals surface area contributed by atoms with Crippen molar-refractivity contribution in [3.05, 3.63) is 88.1 Å². The lowest BCUT2D eigenvalue weighted by atomic mass is 10.1. The molecule has 0 amide bonds. The van der Waals surface area contributed by atoms with Gasteiger partial charge in [-0.25, -0.2) is 13.5 Å². The third-order valence-electron chi connectivity index (χ3n) is 3.66. The van der Waals surface area contributed by atoms with E-state index in [2.05, 4.69) is 16.7 Å². The van der Waals surface area contributed by atoms with Crippen LogP contribution in [0.15, 0.2) is 70.6 Å². The van der Waals surface area contributed by atoms with E-state index in [1.807, 2.05) is 36.6 Å². The molecule has 0 atom stereocenters. The first-order chi connectivity index (χ1) is 12.6. The number of aryl methyl sites for hydroxylation is 1. The molecule has 0 N–H and O–H groups in total. The first-order valence-electron chi connectivity index (χ1n) is 7.97. The molecule has 26 heavy (non-hydrogen) atoms. The van der Waals surface area contributed by atoms with Crippen LogP contribution in [0.2, 0.25) is 0 Å². The highest BCUT2D eigenvalue weighted by Gasteiger charge is 2.08. The van der Waals surface area contributed by atoms with Crippen LogP contribution >= 0.6 is 11.3 Å². The second kappa shape index (κ2) is 8.01. The second-order valence-corrected chi connectivity index (χ2v) is 6.46. The Morgan fingerprint density at radius 1 is 1.15 bits per heavy atom. The number of aromatic nitrogens is 1. The molecule has 1 aromatic heterocycles. The predicted molar refractivity (Wildman–Crippen MR) is 102 cm³/mol. The van der Waals surface area contributed by atoms with Crippen LogP contribution in [0.1, 0.15) is 11.1 Å². The van der Waals surface area contributed by atoms with Crippen molar-refractivity contribution in [3.63, 3.8) is 0 Å². The van der Waals surface area contributed by atoms with Crippen LogP contribution in [-0.2, 0) is 0 Å². The van der Waals surface area contributed by atoms with Gasteiger partial charge < -0.3 is 0 Å². The van der Waals surface area contributed by atoms with Gasteiger partial charge in [0.2, 0.25) is 4.80 Å². The van der Waals surface area contributed by atoms with E-state index in [9.17, 15) is 8.78 Å². The van der Waals surface area contributed by atoms with Gasteiger partial charge in [0.05, 0.1) is 18.5 Å². The maximum atomic E-state index is 13.9. The normalized spacial score (nSPS) is 12.0. The van der Waals surface area contributed by atoms with Crippen molar-refractivity contribution in [2.24, 2.45) is 10.1 Å². The molecule has 2 aromatic carbocycles. The zero-order valence-corrected chi connectivity index (χ0v) is 15.0. The number of thiazole rings is 1. The highest BCUT2D eigenvalue weighted by molar-refractivity contribution is 7.07. The van der Waals surface area contributed by atoms with Gasteiger partial charge in [0.1, 0.15) is 11.6 Å². The fraction of sp³-hybridized carbons (Fsp3) is 0.100. The van der Waals surface area contributed by atoms with Crippen LogP contribution in [0, 0.1) is 18.6 Å². The molecule has 3 rings (SSSR count). The van der Waals surface area contributed by atoms with Crippen LogP contribution in [-0.4, -0.2) is 17.4 Å². The van der Waals surface area contributed by atoms with Crippen molar-refractivity contribution in [3.8, 4) is 11.3 Å². The second-order valence-electron chi connectivity index (χ2n) is 5.62. The smallest absolute Gasteiger partial charge is 0.206 e. The number of hydrogen-bond donors (Lipinski definition) is 0. The monoisotopic (exact) mass is 369 g/mol. The van der Waals surface area contributed by atoms with Crippen LogP contribution in [0.5, 0.6) is 0 Å². The number of nitrogens with zero attached hydrogens (tertiary/aromatic N) is 3. The Balaban J connectivity index is 2.08. The largest absolute Gasteiger partial charge is 0.253 e. The molecule has 0 aliphatic rings. The van der Waals surface area contributed by atoms with E-state index in [1.54, 1.807) is 10.8 Å². The maximum absolute atomic E-state index is 13.9. The quantitative estimate of drug-likeness (QED) is 0.458. The van der Waals surface area contributed by atoms with E-state index >= 15 is 0 Å². The summed E-state index contributed by atoms with van der Waals surface area (Å²) in [6.45, 7) is 6.14. The van der Waals surface area contributed by atoms with Crippen molar-refractivity contribution in [2.45, 2.75) is 6.92 Å². The molecule has 0 aliphatic heterocycles. The fourth-order valence-electron chi connectivity index (χ4n) is 2.31. The Morgan fingerprint density at radius 2 is 1.92 bits per heavy atom. The fourth-order valence-corrected chi connectivity index (χ4v) is 3.16. The van der Waals surface area contributed by atoms with Gasteiger partial charge in [-0.3, -0.25) is 4.99 Å². The third kappa shape index (κ3) is 4.03. The lowest BCUT2D eigenvalue weighted by molar-refractivity contribution is 0.582. The lowest BCUT2D eigenvalue weighted by Gasteiger charge is -2.04. The molecule has 3 aromatic rings. The first kappa shape index (κ1) is 17.9. The van der Waals surface area contributed by atoms with Crippen LogP contribution in [0.4, 0.5) is 8.78 Å². The molecule has 0 fully saturated rings. The molecule has 0 saturated carbocycles. The van der Waals surface area contributed by atoms with Gasteiger partial charge in [0, 0.05) is 22.6 Å².